The van der Waals surface area contributed by atoms with Crippen molar-refractivity contribution in [2.45, 2.75) is 39.5 Å². The van der Waals surface area contributed by atoms with Crippen molar-refractivity contribution in [3.8, 4) is 17.2 Å². The maximum absolute atomic E-state index is 11.9. The summed E-state index contributed by atoms with van der Waals surface area (Å²) in [6, 6.07) is 17.8. The monoisotopic (exact) mass is 475 g/mol. The predicted octanol–water partition coefficient (Wildman–Crippen LogP) is 5.24. The van der Waals surface area contributed by atoms with Crippen molar-refractivity contribution in [2.75, 3.05) is 0 Å². The number of hydrogen-bond donors (Lipinski definition) is 2. The molecule has 0 aliphatic carbocycles. The van der Waals surface area contributed by atoms with Crippen LogP contribution in [0.25, 0.3) is 22.6 Å². The molecule has 0 bridgehead atoms. The lowest BCUT2D eigenvalue weighted by molar-refractivity contribution is -0.384. The highest BCUT2D eigenvalue weighted by Gasteiger charge is 2.29. The Morgan fingerprint density at radius 1 is 1.14 bits per heavy atom. The number of nitrogens with zero attached hydrogens (tertiary/aromatic N) is 2. The first-order chi connectivity index (χ1) is 16.7. The number of oxazole rings is 1. The number of nitro benzene ring substituents is 1. The fraction of sp³-hybridized carbons (Fsp3) is 0.231. The second-order valence-electron chi connectivity index (χ2n) is 8.66. The number of carboxylic acids is 1. The van der Waals surface area contributed by atoms with Gasteiger partial charge in [0.1, 0.15) is 16.8 Å². The van der Waals surface area contributed by atoms with E-state index in [0.717, 1.165) is 11.1 Å². The number of nitrogens with one attached hydrogen (secondary N) is 1. The van der Waals surface area contributed by atoms with Gasteiger partial charge in [-0.2, -0.15) is 0 Å². The first-order valence-electron chi connectivity index (χ1n) is 11.0. The topological polar surface area (TPSA) is 128 Å². The molecule has 0 unspecified atom stereocenters. The van der Waals surface area contributed by atoms with Gasteiger partial charge >= 0.3 is 5.97 Å². The van der Waals surface area contributed by atoms with Crippen LogP contribution in [0.3, 0.4) is 0 Å². The molecule has 4 rings (SSSR count). The van der Waals surface area contributed by atoms with Crippen molar-refractivity contribution in [2.24, 2.45) is 0 Å². The molecule has 180 valence electrons. The zero-order valence-corrected chi connectivity index (χ0v) is 19.6. The Morgan fingerprint density at radius 2 is 1.91 bits per heavy atom. The zero-order valence-electron chi connectivity index (χ0n) is 19.6. The van der Waals surface area contributed by atoms with E-state index in [4.69, 9.17) is 9.15 Å². The van der Waals surface area contributed by atoms with Crippen LogP contribution in [-0.2, 0) is 17.9 Å². The molecule has 0 spiro atoms. The summed E-state index contributed by atoms with van der Waals surface area (Å²) in [6.07, 6.45) is 0. The Morgan fingerprint density at radius 3 is 2.63 bits per heavy atom. The molecular weight excluding hydrogens is 450 g/mol. The highest BCUT2D eigenvalue weighted by atomic mass is 16.6. The van der Waals surface area contributed by atoms with Crippen molar-refractivity contribution in [1.82, 2.24) is 10.3 Å². The van der Waals surface area contributed by atoms with Crippen molar-refractivity contribution >= 4 is 22.8 Å². The van der Waals surface area contributed by atoms with Crippen LogP contribution in [0, 0.1) is 17.0 Å². The number of aromatic nitrogens is 1. The number of rotatable bonds is 9. The van der Waals surface area contributed by atoms with Gasteiger partial charge in [-0.3, -0.25) is 10.1 Å². The molecule has 9 nitrogen and oxygen atoms in total. The summed E-state index contributed by atoms with van der Waals surface area (Å²) in [5, 5.41) is 24.5. The van der Waals surface area contributed by atoms with Crippen LogP contribution >= 0.6 is 0 Å². The molecule has 4 aromatic rings. The maximum Gasteiger partial charge on any atom is 0.347 e. The number of aliphatic carboxylic acids is 1. The van der Waals surface area contributed by atoms with Crippen LogP contribution in [0.4, 0.5) is 5.69 Å². The molecule has 0 saturated heterocycles. The van der Waals surface area contributed by atoms with Crippen molar-refractivity contribution in [3.63, 3.8) is 0 Å². The molecule has 0 amide bonds. The number of ether oxygens (including phenoxy) is 1. The highest BCUT2D eigenvalue weighted by molar-refractivity contribution is 5.79. The molecule has 0 radical (unpaired) electrons. The van der Waals surface area contributed by atoms with Crippen LogP contribution in [0.2, 0.25) is 0 Å². The summed E-state index contributed by atoms with van der Waals surface area (Å²) in [4.78, 5) is 27.2. The van der Waals surface area contributed by atoms with Crippen LogP contribution in [0.1, 0.15) is 30.5 Å². The third-order valence-electron chi connectivity index (χ3n) is 5.68. The molecule has 0 atom stereocenters. The first-order valence-corrected chi connectivity index (χ1v) is 11.0. The fourth-order valence-corrected chi connectivity index (χ4v) is 3.73. The molecule has 1 heterocycles. The molecule has 0 aliphatic heterocycles. The van der Waals surface area contributed by atoms with E-state index in [1.54, 1.807) is 43.3 Å². The van der Waals surface area contributed by atoms with Gasteiger partial charge in [0.25, 0.3) is 5.69 Å². The number of carboxylic acid groups (broad SMARTS) is 1. The van der Waals surface area contributed by atoms with Gasteiger partial charge in [0.15, 0.2) is 11.2 Å². The summed E-state index contributed by atoms with van der Waals surface area (Å²) < 4.78 is 11.3. The van der Waals surface area contributed by atoms with Crippen molar-refractivity contribution in [1.29, 1.82) is 0 Å². The highest BCUT2D eigenvalue weighted by Crippen LogP contribution is 2.35. The van der Waals surface area contributed by atoms with Gasteiger partial charge in [0.05, 0.1) is 4.92 Å². The van der Waals surface area contributed by atoms with E-state index in [1.165, 1.54) is 13.8 Å². The lowest BCUT2D eigenvalue weighted by Gasteiger charge is -2.21. The smallest absolute Gasteiger partial charge is 0.347 e. The SMILES string of the molecule is Cc1c(CNCc2cccc(OC(C)(C)C(=O)O)c2)ccc(-c2nc3ccccc3o2)c1[N+](=O)[O-]. The number of nitro groups is 1. The molecule has 3 aromatic carbocycles. The Bertz CT molecular complexity index is 1380. The standard InChI is InChI=1S/C26H25N3O6/c1-16-18(15-27-14-17-7-6-8-19(13-17)35-26(2,3)25(30)31)11-12-20(23(16)29(32)33)24-28-21-9-4-5-10-22(21)34-24/h4-13,27H,14-15H2,1-3H3,(H,30,31). The first kappa shape index (κ1) is 23.9. The number of fused-ring (bicyclic) bond motifs is 1. The van der Waals surface area contributed by atoms with Gasteiger partial charge in [-0.05, 0) is 62.2 Å². The molecule has 0 saturated carbocycles. The van der Waals surface area contributed by atoms with Gasteiger partial charge in [-0.25, -0.2) is 9.78 Å². The van der Waals surface area contributed by atoms with E-state index in [1.807, 2.05) is 24.3 Å². The normalized spacial score (nSPS) is 11.5. The third-order valence-corrected chi connectivity index (χ3v) is 5.68. The van der Waals surface area contributed by atoms with Gasteiger partial charge in [0.2, 0.25) is 5.89 Å². The average molecular weight is 476 g/mol. The Balaban J connectivity index is 1.51. The minimum atomic E-state index is -1.35. The van der Waals surface area contributed by atoms with Gasteiger partial charge in [-0.1, -0.05) is 30.3 Å². The second kappa shape index (κ2) is 9.55. The van der Waals surface area contributed by atoms with Gasteiger partial charge in [0, 0.05) is 18.7 Å². The summed E-state index contributed by atoms with van der Waals surface area (Å²) in [7, 11) is 0. The Labute approximate surface area is 201 Å². The minimum Gasteiger partial charge on any atom is -0.478 e. The molecule has 1 aromatic heterocycles. The summed E-state index contributed by atoms with van der Waals surface area (Å²) >= 11 is 0. The minimum absolute atomic E-state index is 0.0397. The molecule has 0 fully saturated rings. The number of benzene rings is 3. The molecule has 2 N–H and O–H groups in total. The molecular formula is C26H25N3O6. The van der Waals surface area contributed by atoms with E-state index in [-0.39, 0.29) is 11.6 Å². The zero-order chi connectivity index (χ0) is 25.2. The van der Waals surface area contributed by atoms with Crippen LogP contribution < -0.4 is 10.1 Å². The quantitative estimate of drug-likeness (QED) is 0.248. The summed E-state index contributed by atoms with van der Waals surface area (Å²) in [5.41, 5.74) is 2.34. The van der Waals surface area contributed by atoms with Crippen LogP contribution in [0.15, 0.2) is 65.1 Å². The van der Waals surface area contributed by atoms with E-state index >= 15 is 0 Å². The van der Waals surface area contributed by atoms with Gasteiger partial charge < -0.3 is 19.6 Å². The predicted molar refractivity (Wildman–Crippen MR) is 130 cm³/mol. The Hall–Kier alpha value is -4.24. The second-order valence-corrected chi connectivity index (χ2v) is 8.66. The Kier molecular flexibility index (Phi) is 6.52. The third kappa shape index (κ3) is 5.15. The van der Waals surface area contributed by atoms with E-state index in [0.29, 0.717) is 41.1 Å². The van der Waals surface area contributed by atoms with E-state index < -0.39 is 16.5 Å². The fourth-order valence-electron chi connectivity index (χ4n) is 3.73. The maximum atomic E-state index is 11.9. The molecule has 35 heavy (non-hydrogen) atoms. The van der Waals surface area contributed by atoms with Crippen molar-refractivity contribution < 1.29 is 24.0 Å². The number of carbonyl (C=O) groups is 1. The van der Waals surface area contributed by atoms with Crippen LogP contribution in [-0.4, -0.2) is 26.6 Å². The van der Waals surface area contributed by atoms with E-state index in [2.05, 4.69) is 10.3 Å². The molecule has 9 heteroatoms. The number of para-hydroxylation sites is 2. The summed E-state index contributed by atoms with van der Waals surface area (Å²) in [6.45, 7) is 5.54. The van der Waals surface area contributed by atoms with Crippen molar-refractivity contribution in [3.05, 3.63) is 87.5 Å². The van der Waals surface area contributed by atoms with E-state index in [9.17, 15) is 20.0 Å². The average Bonchev–Trinajstić information content (AvgIpc) is 3.24. The van der Waals surface area contributed by atoms with Crippen LogP contribution in [0.5, 0.6) is 5.75 Å². The lowest BCUT2D eigenvalue weighted by atomic mass is 10.0. The summed E-state index contributed by atoms with van der Waals surface area (Å²) in [5.74, 6) is -0.396. The lowest BCUT2D eigenvalue weighted by Crippen LogP contribution is -2.37. The number of hydrogen-bond acceptors (Lipinski definition) is 7. The van der Waals surface area contributed by atoms with Gasteiger partial charge in [-0.15, -0.1) is 0 Å². The largest absolute Gasteiger partial charge is 0.478 e. The molecule has 0 aliphatic rings.